The Hall–Kier alpha value is -1.19. The van der Waals surface area contributed by atoms with Crippen molar-refractivity contribution in [3.8, 4) is 10.6 Å². The molecule has 102 valence electrons. The highest BCUT2D eigenvalue weighted by Crippen LogP contribution is 2.34. The fourth-order valence-corrected chi connectivity index (χ4v) is 3.40. The van der Waals surface area contributed by atoms with Crippen LogP contribution in [0.2, 0.25) is 0 Å². The summed E-state index contributed by atoms with van der Waals surface area (Å²) in [5.41, 5.74) is 3.80. The summed E-state index contributed by atoms with van der Waals surface area (Å²) in [5, 5.41) is 4.37. The van der Waals surface area contributed by atoms with Crippen LogP contribution >= 0.6 is 11.3 Å². The van der Waals surface area contributed by atoms with Crippen molar-refractivity contribution in [3.63, 3.8) is 0 Å². The van der Waals surface area contributed by atoms with E-state index in [1.165, 1.54) is 21.7 Å². The summed E-state index contributed by atoms with van der Waals surface area (Å²) in [4.78, 5) is 6.23. The second-order valence-corrected chi connectivity index (χ2v) is 7.02. The van der Waals surface area contributed by atoms with E-state index in [-0.39, 0.29) is 5.41 Å². The van der Waals surface area contributed by atoms with E-state index >= 15 is 0 Å². The first-order valence-electron chi connectivity index (χ1n) is 6.63. The van der Waals surface area contributed by atoms with Gasteiger partial charge in [0, 0.05) is 22.4 Å². The molecule has 2 nitrogen and oxygen atoms in total. The van der Waals surface area contributed by atoms with Crippen LogP contribution in [-0.4, -0.2) is 12.0 Å². The van der Waals surface area contributed by atoms with E-state index in [2.05, 4.69) is 57.3 Å². The number of hydrogen-bond donors (Lipinski definition) is 1. The maximum atomic E-state index is 4.89. The molecule has 0 fully saturated rings. The molecule has 1 heterocycles. The van der Waals surface area contributed by atoms with Crippen LogP contribution in [0.1, 0.15) is 36.9 Å². The summed E-state index contributed by atoms with van der Waals surface area (Å²) in [7, 11) is 1.98. The zero-order valence-electron chi connectivity index (χ0n) is 12.4. The highest BCUT2D eigenvalue weighted by atomic mass is 32.1. The molecule has 0 bridgehead atoms. The number of rotatable bonds is 3. The molecule has 0 unspecified atom stereocenters. The lowest BCUT2D eigenvalue weighted by Crippen LogP contribution is -2.16. The van der Waals surface area contributed by atoms with Gasteiger partial charge in [0.15, 0.2) is 0 Å². The molecule has 0 aliphatic heterocycles. The average molecular weight is 274 g/mol. The topological polar surface area (TPSA) is 24.9 Å². The van der Waals surface area contributed by atoms with Crippen LogP contribution in [0.5, 0.6) is 0 Å². The molecule has 0 aliphatic rings. The minimum atomic E-state index is 0.0881. The average Bonchev–Trinajstić information content (AvgIpc) is 2.73. The maximum absolute atomic E-state index is 4.89. The summed E-state index contributed by atoms with van der Waals surface area (Å²) in [5.74, 6) is 0. The van der Waals surface area contributed by atoms with Crippen LogP contribution in [0.3, 0.4) is 0 Å². The minimum Gasteiger partial charge on any atom is -0.315 e. The number of hydrogen-bond acceptors (Lipinski definition) is 3. The minimum absolute atomic E-state index is 0.0881. The number of aromatic nitrogens is 1. The van der Waals surface area contributed by atoms with E-state index in [1.54, 1.807) is 11.3 Å². The lowest BCUT2D eigenvalue weighted by Gasteiger charge is -2.17. The predicted octanol–water partition coefficient (Wildman–Crippen LogP) is 4.14. The maximum Gasteiger partial charge on any atom is 0.123 e. The van der Waals surface area contributed by atoms with Crippen LogP contribution < -0.4 is 5.32 Å². The van der Waals surface area contributed by atoms with E-state index in [1.807, 2.05) is 7.05 Å². The Morgan fingerprint density at radius 3 is 2.58 bits per heavy atom. The molecule has 2 aromatic rings. The molecular formula is C16H22N2S. The third kappa shape index (κ3) is 3.23. The van der Waals surface area contributed by atoms with Crippen molar-refractivity contribution >= 4 is 11.3 Å². The Morgan fingerprint density at radius 2 is 2.00 bits per heavy atom. The normalized spacial score (nSPS) is 11.8. The third-order valence-corrected chi connectivity index (χ3v) is 4.11. The molecule has 0 saturated heterocycles. The lowest BCUT2D eigenvalue weighted by atomic mass is 9.91. The molecule has 1 aromatic carbocycles. The number of aryl methyl sites for hydroxylation is 1. The second-order valence-electron chi connectivity index (χ2n) is 5.94. The Kier molecular flexibility index (Phi) is 4.07. The van der Waals surface area contributed by atoms with E-state index in [4.69, 9.17) is 4.98 Å². The van der Waals surface area contributed by atoms with Gasteiger partial charge in [0.05, 0.1) is 5.69 Å². The summed E-state index contributed by atoms with van der Waals surface area (Å²) in [6, 6.07) is 8.56. The Balaban J connectivity index is 2.48. The van der Waals surface area contributed by atoms with Gasteiger partial charge < -0.3 is 5.32 Å². The zero-order valence-corrected chi connectivity index (χ0v) is 13.2. The first kappa shape index (κ1) is 14.2. The summed E-state index contributed by atoms with van der Waals surface area (Å²) in [6.07, 6.45) is 0. The van der Waals surface area contributed by atoms with Crippen molar-refractivity contribution in [2.24, 2.45) is 0 Å². The van der Waals surface area contributed by atoms with Gasteiger partial charge in [0.25, 0.3) is 0 Å². The molecule has 0 spiro atoms. The van der Waals surface area contributed by atoms with Gasteiger partial charge in [-0.1, -0.05) is 44.5 Å². The molecule has 0 amide bonds. The van der Waals surface area contributed by atoms with Gasteiger partial charge in [-0.25, -0.2) is 4.98 Å². The van der Waals surface area contributed by atoms with Gasteiger partial charge in [0.1, 0.15) is 5.01 Å². The van der Waals surface area contributed by atoms with E-state index in [0.717, 1.165) is 11.6 Å². The standard InChI is InChI=1S/C16H22N2S/c1-11-7-6-8-12(9-11)15-18-14(16(2,3)4)13(19-15)10-17-5/h6-9,17H,10H2,1-5H3. The van der Waals surface area contributed by atoms with Gasteiger partial charge >= 0.3 is 0 Å². The smallest absolute Gasteiger partial charge is 0.123 e. The number of benzene rings is 1. The molecule has 1 N–H and O–H groups in total. The van der Waals surface area contributed by atoms with Crippen molar-refractivity contribution in [2.75, 3.05) is 7.05 Å². The van der Waals surface area contributed by atoms with Crippen LogP contribution in [-0.2, 0) is 12.0 Å². The molecule has 0 aliphatic carbocycles. The van der Waals surface area contributed by atoms with Crippen molar-refractivity contribution < 1.29 is 0 Å². The first-order valence-corrected chi connectivity index (χ1v) is 7.45. The van der Waals surface area contributed by atoms with E-state index < -0.39 is 0 Å². The molecular weight excluding hydrogens is 252 g/mol. The zero-order chi connectivity index (χ0) is 14.0. The highest BCUT2D eigenvalue weighted by Gasteiger charge is 2.23. The quantitative estimate of drug-likeness (QED) is 0.910. The van der Waals surface area contributed by atoms with E-state index in [0.29, 0.717) is 0 Å². The molecule has 3 heteroatoms. The second kappa shape index (κ2) is 5.43. The van der Waals surface area contributed by atoms with E-state index in [9.17, 15) is 0 Å². The summed E-state index contributed by atoms with van der Waals surface area (Å²) in [6.45, 7) is 9.68. The molecule has 1 aromatic heterocycles. The van der Waals surface area contributed by atoms with Crippen LogP contribution in [0.15, 0.2) is 24.3 Å². The van der Waals surface area contributed by atoms with Crippen LogP contribution in [0, 0.1) is 6.92 Å². The predicted molar refractivity (Wildman–Crippen MR) is 83.8 cm³/mol. The Bertz CT molecular complexity index is 564. The van der Waals surface area contributed by atoms with Gasteiger partial charge in [-0.15, -0.1) is 11.3 Å². The fourth-order valence-electron chi connectivity index (χ4n) is 2.12. The van der Waals surface area contributed by atoms with Crippen molar-refractivity contribution in [2.45, 2.75) is 39.7 Å². The molecule has 19 heavy (non-hydrogen) atoms. The van der Waals surface area contributed by atoms with Crippen molar-refractivity contribution in [1.29, 1.82) is 0 Å². The third-order valence-electron chi connectivity index (χ3n) is 3.01. The van der Waals surface area contributed by atoms with Crippen molar-refractivity contribution in [3.05, 3.63) is 40.4 Å². The molecule has 0 saturated carbocycles. The van der Waals surface area contributed by atoms with Gasteiger partial charge in [-0.3, -0.25) is 0 Å². The van der Waals surface area contributed by atoms with Gasteiger partial charge in [-0.2, -0.15) is 0 Å². The van der Waals surface area contributed by atoms with Crippen molar-refractivity contribution in [1.82, 2.24) is 10.3 Å². The Labute approximate surface area is 119 Å². The number of thiazole rings is 1. The molecule has 0 atom stereocenters. The lowest BCUT2D eigenvalue weighted by molar-refractivity contribution is 0.563. The molecule has 2 rings (SSSR count). The van der Waals surface area contributed by atoms with Gasteiger partial charge in [-0.05, 0) is 20.0 Å². The van der Waals surface area contributed by atoms with Crippen LogP contribution in [0.4, 0.5) is 0 Å². The largest absolute Gasteiger partial charge is 0.315 e. The highest BCUT2D eigenvalue weighted by molar-refractivity contribution is 7.15. The van der Waals surface area contributed by atoms with Crippen LogP contribution in [0.25, 0.3) is 10.6 Å². The number of nitrogens with zero attached hydrogens (tertiary/aromatic N) is 1. The fraction of sp³-hybridized carbons (Fsp3) is 0.438. The number of nitrogens with one attached hydrogen (secondary N) is 1. The Morgan fingerprint density at radius 1 is 1.26 bits per heavy atom. The SMILES string of the molecule is CNCc1sc(-c2cccc(C)c2)nc1C(C)(C)C. The first-order chi connectivity index (χ1) is 8.91. The summed E-state index contributed by atoms with van der Waals surface area (Å²) >= 11 is 1.80. The van der Waals surface area contributed by atoms with Gasteiger partial charge in [0.2, 0.25) is 0 Å². The monoisotopic (exact) mass is 274 g/mol. The molecule has 0 radical (unpaired) electrons. The summed E-state index contributed by atoms with van der Waals surface area (Å²) < 4.78 is 0.